The summed E-state index contributed by atoms with van der Waals surface area (Å²) in [5.41, 5.74) is 8.27. The average Bonchev–Trinajstić information content (AvgIpc) is 2.63. The van der Waals surface area contributed by atoms with E-state index in [1.54, 1.807) is 6.07 Å². The fraction of sp³-hybridized carbons (Fsp3) is 0.632. The fourth-order valence-electron chi connectivity index (χ4n) is 3.51. The molecule has 3 rings (SSSR count). The number of nitrogens with one attached hydrogen (secondary N) is 1. The zero-order valence-corrected chi connectivity index (χ0v) is 15.2. The third kappa shape index (κ3) is 4.86. The van der Waals surface area contributed by atoms with Crippen molar-refractivity contribution in [3.05, 3.63) is 23.8 Å². The van der Waals surface area contributed by atoms with E-state index < -0.39 is 0 Å². The number of morpholine rings is 1. The topological polar surface area (TPSA) is 70.8 Å². The van der Waals surface area contributed by atoms with Crippen LogP contribution in [-0.2, 0) is 4.74 Å². The van der Waals surface area contributed by atoms with E-state index in [1.807, 2.05) is 12.1 Å². The molecule has 2 saturated heterocycles. The molecule has 0 aliphatic carbocycles. The van der Waals surface area contributed by atoms with Crippen molar-refractivity contribution in [3.63, 3.8) is 0 Å². The largest absolute Gasteiger partial charge is 0.399 e. The molecule has 0 saturated carbocycles. The van der Waals surface area contributed by atoms with Crippen LogP contribution in [0.2, 0.25) is 0 Å². The number of nitrogen functional groups attached to an aromatic ring is 1. The molecule has 0 aromatic heterocycles. The number of hydrogen-bond acceptors (Lipinski definition) is 5. The lowest BCUT2D eigenvalue weighted by atomic mass is 9.98. The van der Waals surface area contributed by atoms with Gasteiger partial charge in [-0.15, -0.1) is 0 Å². The van der Waals surface area contributed by atoms with Gasteiger partial charge in [0.15, 0.2) is 0 Å². The highest BCUT2D eigenvalue weighted by Crippen LogP contribution is 2.27. The number of benzene rings is 1. The van der Waals surface area contributed by atoms with Gasteiger partial charge >= 0.3 is 0 Å². The summed E-state index contributed by atoms with van der Waals surface area (Å²) in [6.45, 7) is 9.22. The molecule has 0 spiro atoms. The monoisotopic (exact) mass is 346 g/mol. The van der Waals surface area contributed by atoms with Crippen LogP contribution in [0.5, 0.6) is 0 Å². The maximum absolute atomic E-state index is 12.7. The molecule has 1 aromatic rings. The molecule has 6 nitrogen and oxygen atoms in total. The minimum Gasteiger partial charge on any atom is -0.399 e. The number of ether oxygens (including phenoxy) is 1. The van der Waals surface area contributed by atoms with Gasteiger partial charge in [0.05, 0.1) is 18.8 Å². The number of carbonyl (C=O) groups is 1. The lowest BCUT2D eigenvalue weighted by molar-refractivity contribution is 0.0383. The fourth-order valence-corrected chi connectivity index (χ4v) is 3.51. The molecule has 25 heavy (non-hydrogen) atoms. The maximum Gasteiger partial charge on any atom is 0.253 e. The molecule has 1 amide bonds. The van der Waals surface area contributed by atoms with Gasteiger partial charge in [0.25, 0.3) is 5.91 Å². The normalized spacial score (nSPS) is 19.8. The average molecular weight is 346 g/mol. The van der Waals surface area contributed by atoms with E-state index in [0.717, 1.165) is 57.5 Å². The van der Waals surface area contributed by atoms with E-state index in [-0.39, 0.29) is 5.91 Å². The predicted molar refractivity (Wildman–Crippen MR) is 101 cm³/mol. The van der Waals surface area contributed by atoms with Gasteiger partial charge in [-0.25, -0.2) is 0 Å². The third-order valence-electron chi connectivity index (χ3n) is 5.21. The summed E-state index contributed by atoms with van der Waals surface area (Å²) < 4.78 is 5.35. The Morgan fingerprint density at radius 2 is 1.96 bits per heavy atom. The van der Waals surface area contributed by atoms with Gasteiger partial charge in [-0.3, -0.25) is 9.69 Å². The molecule has 3 N–H and O–H groups in total. The van der Waals surface area contributed by atoms with Crippen LogP contribution >= 0.6 is 0 Å². The predicted octanol–water partition coefficient (Wildman–Crippen LogP) is 1.57. The van der Waals surface area contributed by atoms with Crippen LogP contribution in [-0.4, -0.2) is 63.3 Å². The molecule has 138 valence electrons. The maximum atomic E-state index is 12.7. The second-order valence-corrected chi connectivity index (χ2v) is 7.16. The first-order valence-corrected chi connectivity index (χ1v) is 9.36. The molecule has 0 unspecified atom stereocenters. The van der Waals surface area contributed by atoms with Gasteiger partial charge in [0.2, 0.25) is 0 Å². The molecule has 2 aliphatic heterocycles. The van der Waals surface area contributed by atoms with Gasteiger partial charge in [-0.1, -0.05) is 6.92 Å². The van der Waals surface area contributed by atoms with Crippen molar-refractivity contribution in [3.8, 4) is 0 Å². The number of amides is 1. The van der Waals surface area contributed by atoms with Crippen molar-refractivity contribution in [1.82, 2.24) is 10.2 Å². The molecule has 6 heteroatoms. The van der Waals surface area contributed by atoms with E-state index in [9.17, 15) is 4.79 Å². The molecule has 0 bridgehead atoms. The van der Waals surface area contributed by atoms with Crippen molar-refractivity contribution in [1.29, 1.82) is 0 Å². The van der Waals surface area contributed by atoms with Gasteiger partial charge in [-0.2, -0.15) is 0 Å². The minimum absolute atomic E-state index is 0.0332. The quantitative estimate of drug-likeness (QED) is 0.792. The molecular weight excluding hydrogens is 316 g/mol. The van der Waals surface area contributed by atoms with Crippen molar-refractivity contribution in [2.45, 2.75) is 19.8 Å². The molecule has 2 heterocycles. The van der Waals surface area contributed by atoms with Crippen LogP contribution in [0, 0.1) is 5.92 Å². The second kappa shape index (κ2) is 8.54. The Bertz CT molecular complexity index is 579. The van der Waals surface area contributed by atoms with Gasteiger partial charge in [-0.05, 0) is 37.0 Å². The van der Waals surface area contributed by atoms with Crippen LogP contribution in [0.15, 0.2) is 18.2 Å². The van der Waals surface area contributed by atoms with Crippen LogP contribution < -0.4 is 16.0 Å². The Hall–Kier alpha value is -1.79. The number of piperidine rings is 1. The smallest absolute Gasteiger partial charge is 0.253 e. The van der Waals surface area contributed by atoms with E-state index in [0.29, 0.717) is 17.8 Å². The molecule has 2 aliphatic rings. The number of hydrogen-bond donors (Lipinski definition) is 2. The number of nitrogens with zero attached hydrogens (tertiary/aromatic N) is 2. The van der Waals surface area contributed by atoms with Gasteiger partial charge in [0.1, 0.15) is 0 Å². The van der Waals surface area contributed by atoms with E-state index in [1.165, 1.54) is 12.8 Å². The van der Waals surface area contributed by atoms with Crippen LogP contribution in [0.4, 0.5) is 11.4 Å². The summed E-state index contributed by atoms with van der Waals surface area (Å²) in [7, 11) is 0. The van der Waals surface area contributed by atoms with Crippen molar-refractivity contribution in [2.24, 2.45) is 5.92 Å². The Morgan fingerprint density at radius 3 is 2.68 bits per heavy atom. The lowest BCUT2D eigenvalue weighted by Crippen LogP contribution is -2.41. The summed E-state index contributed by atoms with van der Waals surface area (Å²) >= 11 is 0. The first-order valence-electron chi connectivity index (χ1n) is 9.36. The SMILES string of the molecule is CC1CCN(c2ccc(N)cc2C(=O)NCCN2CCOCC2)CC1. The standard InChI is InChI=1S/C19H30N4O2/c1-15-4-7-23(8-5-15)18-3-2-16(20)14-17(18)19(24)21-6-9-22-10-12-25-13-11-22/h2-3,14-15H,4-13,20H2,1H3,(H,21,24). The number of nitrogens with two attached hydrogens (primary N) is 1. The lowest BCUT2D eigenvalue weighted by Gasteiger charge is -2.33. The number of rotatable bonds is 5. The van der Waals surface area contributed by atoms with Gasteiger partial charge in [0, 0.05) is 50.6 Å². The molecular formula is C19H30N4O2. The Balaban J connectivity index is 1.61. The van der Waals surface area contributed by atoms with Crippen LogP contribution in [0.3, 0.4) is 0 Å². The van der Waals surface area contributed by atoms with Gasteiger partial charge < -0.3 is 20.7 Å². The third-order valence-corrected chi connectivity index (χ3v) is 5.21. The number of carbonyl (C=O) groups excluding carboxylic acids is 1. The number of anilines is 2. The van der Waals surface area contributed by atoms with Crippen molar-refractivity contribution < 1.29 is 9.53 Å². The highest BCUT2D eigenvalue weighted by atomic mass is 16.5. The Kier molecular flexibility index (Phi) is 6.15. The van der Waals surface area contributed by atoms with Crippen LogP contribution in [0.1, 0.15) is 30.1 Å². The summed E-state index contributed by atoms with van der Waals surface area (Å²) in [4.78, 5) is 17.4. The Labute approximate surface area is 150 Å². The summed E-state index contributed by atoms with van der Waals surface area (Å²) in [5, 5.41) is 3.06. The van der Waals surface area contributed by atoms with E-state index in [4.69, 9.17) is 10.5 Å². The Morgan fingerprint density at radius 1 is 1.24 bits per heavy atom. The first kappa shape index (κ1) is 18.0. The highest BCUT2D eigenvalue weighted by molar-refractivity contribution is 6.00. The van der Waals surface area contributed by atoms with Crippen LogP contribution in [0.25, 0.3) is 0 Å². The summed E-state index contributed by atoms with van der Waals surface area (Å²) in [6, 6.07) is 5.68. The van der Waals surface area contributed by atoms with E-state index in [2.05, 4.69) is 22.0 Å². The highest BCUT2D eigenvalue weighted by Gasteiger charge is 2.21. The molecule has 1 aromatic carbocycles. The summed E-state index contributed by atoms with van der Waals surface area (Å²) in [5.74, 6) is 0.727. The zero-order chi connectivity index (χ0) is 17.6. The second-order valence-electron chi connectivity index (χ2n) is 7.16. The molecule has 0 atom stereocenters. The molecule has 2 fully saturated rings. The van der Waals surface area contributed by atoms with Crippen molar-refractivity contribution >= 4 is 17.3 Å². The first-order chi connectivity index (χ1) is 12.1. The molecule has 0 radical (unpaired) electrons. The van der Waals surface area contributed by atoms with Crippen molar-refractivity contribution in [2.75, 3.05) is 63.1 Å². The summed E-state index contributed by atoms with van der Waals surface area (Å²) in [6.07, 6.45) is 2.34. The van der Waals surface area contributed by atoms with E-state index >= 15 is 0 Å². The zero-order valence-electron chi connectivity index (χ0n) is 15.2. The minimum atomic E-state index is -0.0332.